The Labute approximate surface area is 118 Å². The highest BCUT2D eigenvalue weighted by Crippen LogP contribution is 2.26. The van der Waals surface area contributed by atoms with Crippen LogP contribution < -0.4 is 4.90 Å². The molecule has 0 radical (unpaired) electrons. The van der Waals surface area contributed by atoms with E-state index in [1.165, 1.54) is 0 Å². The molecule has 0 atom stereocenters. The molecule has 0 amide bonds. The van der Waals surface area contributed by atoms with E-state index in [2.05, 4.69) is 11.5 Å². The molecule has 19 heavy (non-hydrogen) atoms. The van der Waals surface area contributed by atoms with Crippen LogP contribution in [0.3, 0.4) is 0 Å². The van der Waals surface area contributed by atoms with Crippen LogP contribution in [0.25, 0.3) is 6.08 Å². The Bertz CT molecular complexity index is 509. The van der Waals surface area contributed by atoms with Crippen molar-refractivity contribution in [2.75, 3.05) is 18.0 Å². The molecule has 1 aromatic rings. The fourth-order valence-electron chi connectivity index (χ4n) is 1.79. The van der Waals surface area contributed by atoms with Gasteiger partial charge in [0.25, 0.3) is 0 Å². The molecule has 1 N–H and O–H groups in total. The fourth-order valence-corrected chi connectivity index (χ4v) is 1.95. The molecule has 0 unspecified atom stereocenters. The lowest BCUT2D eigenvalue weighted by molar-refractivity contribution is -0.131. The highest BCUT2D eigenvalue weighted by Gasteiger charge is 2.09. The number of rotatable bonds is 6. The zero-order valence-electron chi connectivity index (χ0n) is 11.2. The number of halogens is 1. The summed E-state index contributed by atoms with van der Waals surface area (Å²) in [5.74, 6) is -0.969. The minimum absolute atomic E-state index is 0.627. The molecule has 1 rings (SSSR count). The highest BCUT2D eigenvalue weighted by molar-refractivity contribution is 6.31. The van der Waals surface area contributed by atoms with Crippen LogP contribution >= 0.6 is 11.6 Å². The first-order valence-electron chi connectivity index (χ1n) is 6.04. The van der Waals surface area contributed by atoms with Crippen molar-refractivity contribution in [3.63, 3.8) is 0 Å². The predicted molar refractivity (Wildman–Crippen MR) is 80.8 cm³/mol. The van der Waals surface area contributed by atoms with Gasteiger partial charge >= 0.3 is 5.97 Å². The second kappa shape index (κ2) is 7.00. The lowest BCUT2D eigenvalue weighted by Gasteiger charge is -2.25. The zero-order valence-corrected chi connectivity index (χ0v) is 11.9. The van der Waals surface area contributed by atoms with Crippen molar-refractivity contribution >= 4 is 29.3 Å². The van der Waals surface area contributed by atoms with E-state index in [9.17, 15) is 4.79 Å². The lowest BCUT2D eigenvalue weighted by atomic mass is 10.1. The third-order valence-corrected chi connectivity index (χ3v) is 2.82. The lowest BCUT2D eigenvalue weighted by Crippen LogP contribution is -2.25. The van der Waals surface area contributed by atoms with Crippen LogP contribution in [-0.2, 0) is 4.79 Å². The number of hydrogen-bond donors (Lipinski definition) is 1. The van der Waals surface area contributed by atoms with Gasteiger partial charge in [0.2, 0.25) is 0 Å². The van der Waals surface area contributed by atoms with E-state index in [0.29, 0.717) is 11.6 Å². The second-order valence-corrected chi connectivity index (χ2v) is 4.78. The number of likely N-dealkylation sites (N-methyl/N-ethyl adjacent to an activating group) is 1. The topological polar surface area (TPSA) is 40.5 Å². The molecule has 102 valence electrons. The van der Waals surface area contributed by atoms with Gasteiger partial charge in [-0.25, -0.2) is 4.79 Å². The highest BCUT2D eigenvalue weighted by atomic mass is 35.5. The number of carboxylic acids is 1. The molecule has 0 aliphatic carbocycles. The molecule has 0 spiro atoms. The number of carboxylic acid groups (broad SMARTS) is 1. The molecule has 0 heterocycles. The first kappa shape index (κ1) is 15.3. The summed E-state index contributed by atoms with van der Waals surface area (Å²) < 4.78 is 0. The average Bonchev–Trinajstić information content (AvgIpc) is 2.34. The molecule has 0 aromatic heterocycles. The maximum absolute atomic E-state index is 10.6. The summed E-state index contributed by atoms with van der Waals surface area (Å²) in [4.78, 5) is 12.7. The van der Waals surface area contributed by atoms with E-state index in [0.717, 1.165) is 29.4 Å². The monoisotopic (exact) mass is 279 g/mol. The molecule has 0 saturated heterocycles. The number of nitrogens with zero attached hydrogens (tertiary/aromatic N) is 1. The van der Waals surface area contributed by atoms with Crippen LogP contribution in [0.2, 0.25) is 5.02 Å². The third kappa shape index (κ3) is 4.79. The molecule has 3 nitrogen and oxygen atoms in total. The summed E-state index contributed by atoms with van der Waals surface area (Å²) in [6.07, 6.45) is 2.70. The van der Waals surface area contributed by atoms with Crippen molar-refractivity contribution in [3.8, 4) is 0 Å². The maximum Gasteiger partial charge on any atom is 0.328 e. The van der Waals surface area contributed by atoms with Crippen LogP contribution in [-0.4, -0.2) is 24.2 Å². The minimum Gasteiger partial charge on any atom is -0.478 e. The predicted octanol–water partition coefficient (Wildman–Crippen LogP) is 3.84. The molecular formula is C15H18ClNO2. The van der Waals surface area contributed by atoms with Crippen molar-refractivity contribution in [2.24, 2.45) is 0 Å². The Morgan fingerprint density at radius 3 is 2.74 bits per heavy atom. The van der Waals surface area contributed by atoms with Crippen molar-refractivity contribution in [1.29, 1.82) is 0 Å². The van der Waals surface area contributed by atoms with Crippen LogP contribution in [0.1, 0.15) is 19.4 Å². The van der Waals surface area contributed by atoms with Crippen LogP contribution in [0, 0.1) is 0 Å². The maximum atomic E-state index is 10.6. The molecule has 0 fully saturated rings. The van der Waals surface area contributed by atoms with Gasteiger partial charge in [-0.15, -0.1) is 0 Å². The van der Waals surface area contributed by atoms with Gasteiger partial charge in [-0.1, -0.05) is 29.8 Å². The van der Waals surface area contributed by atoms with E-state index < -0.39 is 5.97 Å². The zero-order chi connectivity index (χ0) is 14.4. The average molecular weight is 280 g/mol. The number of hydrogen-bond acceptors (Lipinski definition) is 2. The number of aliphatic carboxylic acids is 1. The van der Waals surface area contributed by atoms with Gasteiger partial charge in [-0.2, -0.15) is 0 Å². The van der Waals surface area contributed by atoms with Gasteiger partial charge < -0.3 is 10.0 Å². The van der Waals surface area contributed by atoms with Crippen LogP contribution in [0.4, 0.5) is 5.69 Å². The van der Waals surface area contributed by atoms with E-state index in [-0.39, 0.29) is 0 Å². The van der Waals surface area contributed by atoms with Crippen molar-refractivity contribution < 1.29 is 9.90 Å². The van der Waals surface area contributed by atoms with Crippen LogP contribution in [0.5, 0.6) is 0 Å². The van der Waals surface area contributed by atoms with E-state index in [4.69, 9.17) is 16.7 Å². The largest absolute Gasteiger partial charge is 0.478 e. The summed E-state index contributed by atoms with van der Waals surface area (Å²) in [6, 6.07) is 5.41. The van der Waals surface area contributed by atoms with E-state index in [1.54, 1.807) is 12.1 Å². The van der Waals surface area contributed by atoms with Gasteiger partial charge in [0.1, 0.15) is 0 Å². The molecule has 0 aliphatic heterocycles. The van der Waals surface area contributed by atoms with E-state index >= 15 is 0 Å². The molecule has 0 bridgehead atoms. The van der Waals surface area contributed by atoms with Gasteiger partial charge in [-0.3, -0.25) is 0 Å². The first-order chi connectivity index (χ1) is 8.93. The summed E-state index contributed by atoms with van der Waals surface area (Å²) in [5.41, 5.74) is 2.78. The van der Waals surface area contributed by atoms with E-state index in [1.807, 2.05) is 26.0 Å². The van der Waals surface area contributed by atoms with Gasteiger partial charge in [0.15, 0.2) is 0 Å². The van der Waals surface area contributed by atoms with Crippen molar-refractivity contribution in [2.45, 2.75) is 13.8 Å². The number of benzene rings is 1. The second-order valence-electron chi connectivity index (χ2n) is 4.35. The standard InChI is InChI=1S/C15H18ClNO2/c1-4-17(10-11(2)3)14-9-13(16)7-5-12(14)6-8-15(18)19/h5-9H,2,4,10H2,1,3H3,(H,18,19)/b8-6+. The molecule has 4 heteroatoms. The normalized spacial score (nSPS) is 10.7. The Hall–Kier alpha value is -1.74. The Morgan fingerprint density at radius 2 is 2.21 bits per heavy atom. The quantitative estimate of drug-likeness (QED) is 0.635. The minimum atomic E-state index is -0.969. The smallest absolute Gasteiger partial charge is 0.328 e. The number of anilines is 1. The molecule has 0 aliphatic rings. The van der Waals surface area contributed by atoms with Crippen molar-refractivity contribution in [3.05, 3.63) is 47.0 Å². The van der Waals surface area contributed by atoms with Crippen molar-refractivity contribution in [1.82, 2.24) is 0 Å². The van der Waals surface area contributed by atoms with Gasteiger partial charge in [-0.05, 0) is 37.6 Å². The van der Waals surface area contributed by atoms with Gasteiger partial charge in [0.05, 0.1) is 0 Å². The Balaban J connectivity index is 3.17. The summed E-state index contributed by atoms with van der Waals surface area (Å²) in [7, 11) is 0. The summed E-state index contributed by atoms with van der Waals surface area (Å²) in [5, 5.41) is 9.35. The molecule has 0 saturated carbocycles. The molecular weight excluding hydrogens is 262 g/mol. The number of carbonyl (C=O) groups is 1. The Morgan fingerprint density at radius 1 is 1.53 bits per heavy atom. The SMILES string of the molecule is C=C(C)CN(CC)c1cc(Cl)ccc1/C=C/C(=O)O. The van der Waals surface area contributed by atoms with Gasteiger partial charge in [0, 0.05) is 29.9 Å². The third-order valence-electron chi connectivity index (χ3n) is 2.58. The molecule has 1 aromatic carbocycles. The first-order valence-corrected chi connectivity index (χ1v) is 6.41. The van der Waals surface area contributed by atoms with Crippen LogP contribution in [0.15, 0.2) is 36.4 Å². The summed E-state index contributed by atoms with van der Waals surface area (Å²) in [6.45, 7) is 9.41. The summed E-state index contributed by atoms with van der Waals surface area (Å²) >= 11 is 6.03. The fraction of sp³-hybridized carbons (Fsp3) is 0.267. The Kier molecular flexibility index (Phi) is 5.64.